The predicted octanol–water partition coefficient (Wildman–Crippen LogP) is 6.50. The van der Waals surface area contributed by atoms with Gasteiger partial charge in [-0.3, -0.25) is 0 Å². The molecule has 4 heterocycles. The van der Waals surface area contributed by atoms with Gasteiger partial charge in [0.15, 0.2) is 11.6 Å². The van der Waals surface area contributed by atoms with Crippen molar-refractivity contribution in [1.29, 1.82) is 0 Å². The van der Waals surface area contributed by atoms with E-state index in [1.807, 2.05) is 18.2 Å². The molecule has 2 N–H and O–H groups in total. The first-order valence-corrected chi connectivity index (χ1v) is 12.6. The summed E-state index contributed by atoms with van der Waals surface area (Å²) >= 11 is 1.23. The van der Waals surface area contributed by atoms with Crippen molar-refractivity contribution >= 4 is 40.0 Å². The van der Waals surface area contributed by atoms with Crippen LogP contribution in [0.4, 0.5) is 41.9 Å². The van der Waals surface area contributed by atoms with Crippen molar-refractivity contribution < 1.29 is 17.9 Å². The smallest absolute Gasteiger partial charge is 0.419 e. The number of nitrogens with zero attached hydrogens (tertiary/aromatic N) is 5. The second-order valence-electron chi connectivity index (χ2n) is 8.40. The van der Waals surface area contributed by atoms with Gasteiger partial charge in [-0.25, -0.2) is 19.9 Å². The number of nitrogens with one attached hydrogen (secondary N) is 2. The molecular formula is C25H24F3N7OS. The van der Waals surface area contributed by atoms with Crippen molar-refractivity contribution in [1.82, 2.24) is 19.9 Å². The Morgan fingerprint density at radius 2 is 1.73 bits per heavy atom. The molecule has 12 heteroatoms. The maximum absolute atomic E-state index is 13.8. The van der Waals surface area contributed by atoms with Crippen LogP contribution in [0.25, 0.3) is 10.7 Å². The SMILES string of the molecule is COc1cc(N2CCCCC2)ccc1Nc1cc(Nc2ncsc2-c2ncccn2)c(C(F)(F)F)cn1. The Morgan fingerprint density at radius 3 is 2.46 bits per heavy atom. The zero-order valence-electron chi connectivity index (χ0n) is 19.9. The molecular weight excluding hydrogens is 503 g/mol. The van der Waals surface area contributed by atoms with Gasteiger partial charge in [0.25, 0.3) is 0 Å². The van der Waals surface area contributed by atoms with Gasteiger partial charge in [0, 0.05) is 49.5 Å². The molecule has 1 fully saturated rings. The monoisotopic (exact) mass is 527 g/mol. The molecule has 0 radical (unpaired) electrons. The Morgan fingerprint density at radius 1 is 0.946 bits per heavy atom. The summed E-state index contributed by atoms with van der Waals surface area (Å²) in [6.07, 6.45) is 2.81. The van der Waals surface area contributed by atoms with Crippen LogP contribution in [0.1, 0.15) is 24.8 Å². The van der Waals surface area contributed by atoms with Crippen LogP contribution in [0.3, 0.4) is 0 Å². The average Bonchev–Trinajstić information content (AvgIpc) is 3.37. The number of piperidine rings is 1. The summed E-state index contributed by atoms with van der Waals surface area (Å²) in [5.74, 6) is 1.38. The van der Waals surface area contributed by atoms with Crippen molar-refractivity contribution in [3.8, 4) is 16.5 Å². The quantitative estimate of drug-likeness (QED) is 0.282. The van der Waals surface area contributed by atoms with Crippen LogP contribution in [0.15, 0.2) is 54.4 Å². The minimum atomic E-state index is -4.62. The lowest BCUT2D eigenvalue weighted by molar-refractivity contribution is -0.137. The van der Waals surface area contributed by atoms with Crippen LogP contribution in [0, 0.1) is 0 Å². The molecule has 0 amide bonds. The van der Waals surface area contributed by atoms with Gasteiger partial charge in [0.1, 0.15) is 16.4 Å². The van der Waals surface area contributed by atoms with E-state index in [0.717, 1.165) is 37.8 Å². The van der Waals surface area contributed by atoms with Gasteiger partial charge in [0.05, 0.1) is 29.6 Å². The summed E-state index contributed by atoms with van der Waals surface area (Å²) < 4.78 is 47.1. The third-order valence-electron chi connectivity index (χ3n) is 5.97. The van der Waals surface area contributed by atoms with Crippen LogP contribution in [-0.2, 0) is 6.18 Å². The molecule has 0 atom stereocenters. The first-order chi connectivity index (χ1) is 17.9. The second-order valence-corrected chi connectivity index (χ2v) is 9.25. The van der Waals surface area contributed by atoms with Crippen molar-refractivity contribution in [3.63, 3.8) is 0 Å². The maximum atomic E-state index is 13.8. The highest BCUT2D eigenvalue weighted by atomic mass is 32.1. The first kappa shape index (κ1) is 24.8. The molecule has 1 aliphatic heterocycles. The predicted molar refractivity (Wildman–Crippen MR) is 138 cm³/mol. The highest BCUT2D eigenvalue weighted by Gasteiger charge is 2.35. The molecule has 1 saturated heterocycles. The van der Waals surface area contributed by atoms with E-state index >= 15 is 0 Å². The van der Waals surface area contributed by atoms with Gasteiger partial charge in [0.2, 0.25) is 0 Å². The Kier molecular flexibility index (Phi) is 7.08. The fourth-order valence-electron chi connectivity index (χ4n) is 4.16. The molecule has 4 aromatic rings. The minimum absolute atomic E-state index is 0.197. The lowest BCUT2D eigenvalue weighted by atomic mass is 10.1. The largest absolute Gasteiger partial charge is 0.494 e. The van der Waals surface area contributed by atoms with Gasteiger partial charge in [-0.15, -0.1) is 11.3 Å². The van der Waals surface area contributed by atoms with Crippen LogP contribution in [-0.4, -0.2) is 40.1 Å². The second kappa shape index (κ2) is 10.6. The van der Waals surface area contributed by atoms with Crippen LogP contribution < -0.4 is 20.3 Å². The van der Waals surface area contributed by atoms with Gasteiger partial charge in [-0.2, -0.15) is 13.2 Å². The number of methoxy groups -OCH3 is 1. The Labute approximate surface area is 215 Å². The number of anilines is 5. The number of alkyl halides is 3. The molecule has 0 saturated carbocycles. The number of ether oxygens (including phenoxy) is 1. The molecule has 1 aliphatic rings. The van der Waals surface area contributed by atoms with E-state index in [9.17, 15) is 13.2 Å². The van der Waals surface area contributed by atoms with E-state index in [2.05, 4.69) is 35.5 Å². The van der Waals surface area contributed by atoms with Gasteiger partial charge in [-0.1, -0.05) is 0 Å². The number of pyridine rings is 1. The molecule has 192 valence electrons. The van der Waals surface area contributed by atoms with E-state index in [-0.39, 0.29) is 17.3 Å². The topological polar surface area (TPSA) is 88.1 Å². The summed E-state index contributed by atoms with van der Waals surface area (Å²) in [6.45, 7) is 1.97. The van der Waals surface area contributed by atoms with E-state index in [1.165, 1.54) is 29.3 Å². The number of benzene rings is 1. The molecule has 5 rings (SSSR count). The van der Waals surface area contributed by atoms with Crippen LogP contribution in [0.5, 0.6) is 5.75 Å². The highest BCUT2D eigenvalue weighted by molar-refractivity contribution is 7.13. The van der Waals surface area contributed by atoms with Gasteiger partial charge in [-0.05, 0) is 37.5 Å². The molecule has 0 unspecified atom stereocenters. The van der Waals surface area contributed by atoms with E-state index in [1.54, 1.807) is 25.6 Å². The van der Waals surface area contributed by atoms with E-state index < -0.39 is 11.7 Å². The summed E-state index contributed by atoms with van der Waals surface area (Å²) in [7, 11) is 1.56. The Bertz CT molecular complexity index is 1360. The molecule has 1 aromatic carbocycles. The lowest BCUT2D eigenvalue weighted by Gasteiger charge is -2.29. The number of hydrogen-bond donors (Lipinski definition) is 2. The molecule has 0 bridgehead atoms. The molecule has 8 nitrogen and oxygen atoms in total. The van der Waals surface area contributed by atoms with Crippen molar-refractivity contribution in [2.45, 2.75) is 25.4 Å². The summed E-state index contributed by atoms with van der Waals surface area (Å²) in [4.78, 5) is 19.4. The number of rotatable bonds is 7. The third kappa shape index (κ3) is 5.58. The summed E-state index contributed by atoms with van der Waals surface area (Å²) in [6, 6.07) is 8.71. The van der Waals surface area contributed by atoms with Crippen molar-refractivity contribution in [3.05, 3.63) is 60.0 Å². The maximum Gasteiger partial charge on any atom is 0.419 e. The zero-order valence-corrected chi connectivity index (χ0v) is 20.7. The minimum Gasteiger partial charge on any atom is -0.494 e. The molecule has 0 spiro atoms. The van der Waals surface area contributed by atoms with Crippen LogP contribution in [0.2, 0.25) is 0 Å². The molecule has 37 heavy (non-hydrogen) atoms. The Hall–Kier alpha value is -3.93. The van der Waals surface area contributed by atoms with Crippen molar-refractivity contribution in [2.75, 3.05) is 35.7 Å². The number of halogens is 3. The number of hydrogen-bond acceptors (Lipinski definition) is 9. The summed E-state index contributed by atoms with van der Waals surface area (Å²) in [5.41, 5.74) is 2.05. The Balaban J connectivity index is 1.45. The lowest BCUT2D eigenvalue weighted by Crippen LogP contribution is -2.29. The fraction of sp³-hybridized carbons (Fsp3) is 0.280. The average molecular weight is 528 g/mol. The molecule has 0 aliphatic carbocycles. The van der Waals surface area contributed by atoms with E-state index in [0.29, 0.717) is 22.1 Å². The molecule has 3 aromatic heterocycles. The van der Waals surface area contributed by atoms with Gasteiger partial charge < -0.3 is 20.3 Å². The normalized spacial score (nSPS) is 13.9. The first-order valence-electron chi connectivity index (χ1n) is 11.7. The third-order valence-corrected chi connectivity index (χ3v) is 6.79. The van der Waals surface area contributed by atoms with E-state index in [4.69, 9.17) is 4.74 Å². The number of thiazole rings is 1. The summed E-state index contributed by atoms with van der Waals surface area (Å²) in [5, 5.41) is 5.91. The highest BCUT2D eigenvalue weighted by Crippen LogP contribution is 2.40. The zero-order chi connectivity index (χ0) is 25.8. The standard InChI is InChI=1S/C25H24F3N7OS/c1-36-20-12-16(35-10-3-2-4-11-35)6-7-18(20)33-21-13-19(17(14-31-21)25(26,27)28)34-24-22(37-15-32-24)23-29-8-5-9-30-23/h5-9,12-15H,2-4,10-11H2,1H3,(H2,31,33,34). The van der Waals surface area contributed by atoms with Gasteiger partial charge >= 0.3 is 6.18 Å². The van der Waals surface area contributed by atoms with Crippen LogP contribution >= 0.6 is 11.3 Å². The fourth-order valence-corrected chi connectivity index (χ4v) is 4.85. The number of aromatic nitrogens is 4. The van der Waals surface area contributed by atoms with Crippen molar-refractivity contribution in [2.24, 2.45) is 0 Å².